The van der Waals surface area contributed by atoms with Crippen LogP contribution in [-0.2, 0) is 14.3 Å². The molecule has 0 aliphatic carbocycles. The Morgan fingerprint density at radius 2 is 1.63 bits per heavy atom. The number of benzene rings is 2. The first-order chi connectivity index (χ1) is 19.7. The third kappa shape index (κ3) is 6.15. The van der Waals surface area contributed by atoms with Gasteiger partial charge in [-0.15, -0.1) is 0 Å². The van der Waals surface area contributed by atoms with Gasteiger partial charge in [0.2, 0.25) is 5.91 Å². The summed E-state index contributed by atoms with van der Waals surface area (Å²) in [5.74, 6) is -3.48. The van der Waals surface area contributed by atoms with E-state index in [-0.39, 0.29) is 33.1 Å². The summed E-state index contributed by atoms with van der Waals surface area (Å²) < 4.78 is 11.1. The summed E-state index contributed by atoms with van der Waals surface area (Å²) in [5.41, 5.74) is 1.12. The van der Waals surface area contributed by atoms with E-state index in [1.165, 1.54) is 30.3 Å². The molecule has 3 heterocycles. The summed E-state index contributed by atoms with van der Waals surface area (Å²) in [4.78, 5) is 64.2. The third-order valence-electron chi connectivity index (χ3n) is 6.32. The van der Waals surface area contributed by atoms with Crippen LogP contribution in [0.15, 0.2) is 63.9 Å². The molecule has 0 spiro atoms. The number of rotatable bonds is 8. The van der Waals surface area contributed by atoms with Crippen molar-refractivity contribution in [2.75, 3.05) is 43.1 Å². The molecule has 2 aromatic carbocycles. The Morgan fingerprint density at radius 3 is 2.32 bits per heavy atom. The van der Waals surface area contributed by atoms with Crippen LogP contribution in [-0.4, -0.2) is 77.0 Å². The predicted molar refractivity (Wildman–Crippen MR) is 149 cm³/mol. The molecule has 3 amide bonds. The molecule has 3 aromatic rings. The van der Waals surface area contributed by atoms with Gasteiger partial charge in [0, 0.05) is 24.7 Å². The van der Waals surface area contributed by atoms with Gasteiger partial charge in [-0.25, -0.2) is 9.59 Å². The number of morpholine rings is 1. The zero-order chi connectivity index (χ0) is 29.1. The first-order valence-corrected chi connectivity index (χ1v) is 13.2. The zero-order valence-corrected chi connectivity index (χ0v) is 22.2. The van der Waals surface area contributed by atoms with Crippen molar-refractivity contribution in [3.8, 4) is 11.3 Å². The van der Waals surface area contributed by atoms with Gasteiger partial charge in [0.05, 0.1) is 40.6 Å². The highest BCUT2D eigenvalue weighted by atomic mass is 32.2. The number of hydrogen-bond donors (Lipinski definition) is 3. The second-order valence-corrected chi connectivity index (χ2v) is 10.0. The maximum absolute atomic E-state index is 13.0. The van der Waals surface area contributed by atoms with Gasteiger partial charge in [-0.05, 0) is 54.2 Å². The monoisotopic (exact) mass is 577 g/mol. The maximum atomic E-state index is 13.0. The van der Waals surface area contributed by atoms with Crippen molar-refractivity contribution in [1.82, 2.24) is 4.90 Å². The summed E-state index contributed by atoms with van der Waals surface area (Å²) >= 11 is 0.650. The molecule has 0 unspecified atom stereocenters. The smallest absolute Gasteiger partial charge is 0.335 e. The molecule has 12 nitrogen and oxygen atoms in total. The van der Waals surface area contributed by atoms with E-state index in [9.17, 15) is 34.2 Å². The van der Waals surface area contributed by atoms with Crippen LogP contribution in [0.1, 0.15) is 26.5 Å². The maximum Gasteiger partial charge on any atom is 0.335 e. The Morgan fingerprint density at radius 1 is 0.951 bits per heavy atom. The van der Waals surface area contributed by atoms with Crippen molar-refractivity contribution >= 4 is 58.2 Å². The van der Waals surface area contributed by atoms with E-state index >= 15 is 0 Å². The van der Waals surface area contributed by atoms with E-state index in [2.05, 4.69) is 10.2 Å². The lowest BCUT2D eigenvalue weighted by Gasteiger charge is -2.30. The minimum Gasteiger partial charge on any atom is -0.478 e. The number of amides is 3. The normalized spacial score (nSPS) is 16.3. The number of anilines is 2. The van der Waals surface area contributed by atoms with Gasteiger partial charge >= 0.3 is 11.9 Å². The number of nitrogens with zero attached hydrogens (tertiary/aromatic N) is 2. The van der Waals surface area contributed by atoms with Crippen LogP contribution in [0.25, 0.3) is 17.4 Å². The quantitative estimate of drug-likeness (QED) is 0.333. The zero-order valence-electron chi connectivity index (χ0n) is 21.4. The van der Waals surface area contributed by atoms with E-state index in [4.69, 9.17) is 9.15 Å². The number of para-hydroxylation sites is 2. The van der Waals surface area contributed by atoms with E-state index in [1.807, 2.05) is 12.1 Å². The molecule has 0 radical (unpaired) electrons. The predicted octanol–water partition coefficient (Wildman–Crippen LogP) is 3.85. The summed E-state index contributed by atoms with van der Waals surface area (Å²) in [6.45, 7) is 1.99. The summed E-state index contributed by atoms with van der Waals surface area (Å²) in [7, 11) is 0. The van der Waals surface area contributed by atoms with Gasteiger partial charge in [-0.2, -0.15) is 0 Å². The molecule has 1 aromatic heterocycles. The molecule has 13 heteroatoms. The third-order valence-corrected chi connectivity index (χ3v) is 7.22. The van der Waals surface area contributed by atoms with Crippen molar-refractivity contribution in [3.63, 3.8) is 0 Å². The number of carbonyl (C=O) groups is 5. The van der Waals surface area contributed by atoms with Crippen molar-refractivity contribution in [2.45, 2.75) is 0 Å². The summed E-state index contributed by atoms with van der Waals surface area (Å²) in [6.07, 6.45) is 1.33. The number of imide groups is 1. The van der Waals surface area contributed by atoms with Gasteiger partial charge in [-0.3, -0.25) is 19.3 Å². The minimum atomic E-state index is -1.30. The van der Waals surface area contributed by atoms with Gasteiger partial charge in [0.1, 0.15) is 18.1 Å². The van der Waals surface area contributed by atoms with E-state index in [0.717, 1.165) is 16.7 Å². The Balaban J connectivity index is 1.29. The van der Waals surface area contributed by atoms with Crippen molar-refractivity contribution < 1.29 is 43.3 Å². The number of nitrogens with one attached hydrogen (secondary N) is 1. The molecular formula is C28H23N3O9S. The first kappa shape index (κ1) is 27.7. The molecule has 3 N–H and O–H groups in total. The fourth-order valence-corrected chi connectivity index (χ4v) is 5.18. The molecule has 2 fully saturated rings. The average Bonchev–Trinajstić information content (AvgIpc) is 3.53. The van der Waals surface area contributed by atoms with E-state index in [0.29, 0.717) is 43.8 Å². The molecule has 210 valence electrons. The molecule has 2 aliphatic rings. The second kappa shape index (κ2) is 11.7. The Bertz CT molecular complexity index is 1560. The summed E-state index contributed by atoms with van der Waals surface area (Å²) in [5, 5.41) is 20.8. The largest absolute Gasteiger partial charge is 0.478 e. The van der Waals surface area contributed by atoms with Gasteiger partial charge in [-0.1, -0.05) is 12.1 Å². The van der Waals surface area contributed by atoms with Crippen molar-refractivity contribution in [1.29, 1.82) is 0 Å². The van der Waals surface area contributed by atoms with Gasteiger partial charge in [0.25, 0.3) is 11.1 Å². The topological polar surface area (TPSA) is 167 Å². The Hall–Kier alpha value is -4.88. The van der Waals surface area contributed by atoms with Crippen LogP contribution in [0.5, 0.6) is 0 Å². The number of carboxylic acids is 2. The number of hydrogen-bond acceptors (Lipinski definition) is 9. The average molecular weight is 578 g/mol. The van der Waals surface area contributed by atoms with Crippen LogP contribution >= 0.6 is 11.8 Å². The number of carboxylic acid groups (broad SMARTS) is 2. The molecule has 0 bridgehead atoms. The number of carbonyl (C=O) groups excluding carboxylic acids is 3. The van der Waals surface area contributed by atoms with Gasteiger partial charge in [0.15, 0.2) is 0 Å². The van der Waals surface area contributed by atoms with Crippen LogP contribution < -0.4 is 10.2 Å². The number of ether oxygens (including phenoxy) is 1. The van der Waals surface area contributed by atoms with Crippen LogP contribution in [0, 0.1) is 0 Å². The number of aromatic carboxylic acids is 2. The highest BCUT2D eigenvalue weighted by Gasteiger charge is 2.36. The lowest BCUT2D eigenvalue weighted by molar-refractivity contribution is -0.127. The van der Waals surface area contributed by atoms with Crippen molar-refractivity contribution in [2.24, 2.45) is 0 Å². The van der Waals surface area contributed by atoms with Crippen LogP contribution in [0.2, 0.25) is 0 Å². The van der Waals surface area contributed by atoms with Crippen LogP contribution in [0.3, 0.4) is 0 Å². The lowest BCUT2D eigenvalue weighted by atomic mass is 10.0. The SMILES string of the molecule is O=C(CN1C(=O)S/C(=C/c2ccc(-c3cc(C(=O)O)cc(C(=O)O)c3)o2)C1=O)Nc1ccccc1N1CCOCC1. The highest BCUT2D eigenvalue weighted by Crippen LogP contribution is 2.34. The van der Waals surface area contributed by atoms with E-state index in [1.54, 1.807) is 12.1 Å². The lowest BCUT2D eigenvalue weighted by Crippen LogP contribution is -2.38. The minimum absolute atomic E-state index is 0.0305. The fraction of sp³-hybridized carbons (Fsp3) is 0.179. The van der Waals surface area contributed by atoms with Crippen molar-refractivity contribution in [3.05, 3.63) is 76.4 Å². The molecule has 2 saturated heterocycles. The molecule has 41 heavy (non-hydrogen) atoms. The highest BCUT2D eigenvalue weighted by molar-refractivity contribution is 8.18. The number of thioether (sulfide) groups is 1. The van der Waals surface area contributed by atoms with E-state index < -0.39 is 35.5 Å². The number of furan rings is 1. The second-order valence-electron chi connectivity index (χ2n) is 9.04. The first-order valence-electron chi connectivity index (χ1n) is 12.4. The molecule has 5 rings (SSSR count). The molecule has 2 aliphatic heterocycles. The summed E-state index contributed by atoms with van der Waals surface area (Å²) in [6, 6.07) is 13.8. The standard InChI is InChI=1S/C28H23N3O9S/c32-24(29-20-3-1-2-4-21(20)30-7-9-39-10-8-30)15-31-25(33)23(41-28(31)38)14-19-5-6-22(40-19)16-11-17(26(34)35)13-18(12-16)27(36)37/h1-6,11-14H,7-10,15H2,(H,29,32)(H,34,35)(H,36,37)/b23-14+. The fourth-order valence-electron chi connectivity index (χ4n) is 4.36. The molecular weight excluding hydrogens is 554 g/mol. The van der Waals surface area contributed by atoms with Crippen LogP contribution in [0.4, 0.5) is 16.2 Å². The Kier molecular flexibility index (Phi) is 7.90. The molecule has 0 atom stereocenters. The Labute approximate surface area is 237 Å². The van der Waals surface area contributed by atoms with Gasteiger partial charge < -0.3 is 29.6 Å². The molecule has 0 saturated carbocycles.